The van der Waals surface area contributed by atoms with E-state index in [2.05, 4.69) is 56.9 Å². The molecule has 1 amide bonds. The van der Waals surface area contributed by atoms with Gasteiger partial charge in [-0.2, -0.15) is 0 Å². The molecule has 4 rings (SSSR count). The molecule has 0 bridgehead atoms. The van der Waals surface area contributed by atoms with Crippen LogP contribution in [-0.4, -0.2) is 42.4 Å². The molecule has 29 heavy (non-hydrogen) atoms. The van der Waals surface area contributed by atoms with E-state index in [-0.39, 0.29) is 11.8 Å². The second kappa shape index (κ2) is 9.22. The Morgan fingerprint density at radius 2 is 1.62 bits per heavy atom. The van der Waals surface area contributed by atoms with E-state index in [1.165, 1.54) is 18.5 Å². The maximum Gasteiger partial charge on any atom is 0.228 e. The van der Waals surface area contributed by atoms with Gasteiger partial charge in [0.1, 0.15) is 0 Å². The zero-order chi connectivity index (χ0) is 20.1. The van der Waals surface area contributed by atoms with E-state index < -0.39 is 0 Å². The highest BCUT2D eigenvalue weighted by Crippen LogP contribution is 2.25. The van der Waals surface area contributed by atoms with Crippen molar-refractivity contribution in [2.45, 2.75) is 32.6 Å². The molecule has 0 saturated carbocycles. The summed E-state index contributed by atoms with van der Waals surface area (Å²) in [5.41, 5.74) is 2.23. The molecule has 2 N–H and O–H groups in total. The zero-order valence-electron chi connectivity index (χ0n) is 16.9. The predicted molar refractivity (Wildman–Crippen MR) is 115 cm³/mol. The van der Waals surface area contributed by atoms with Crippen LogP contribution < -0.4 is 15.5 Å². The molecule has 7 heteroatoms. The zero-order valence-corrected chi connectivity index (χ0v) is 16.9. The number of benzene rings is 1. The maximum absolute atomic E-state index is 12.3. The summed E-state index contributed by atoms with van der Waals surface area (Å²) in [5, 5.41) is 14.4. The van der Waals surface area contributed by atoms with Gasteiger partial charge in [-0.25, -0.2) is 0 Å². The minimum absolute atomic E-state index is 0.00833. The monoisotopic (exact) mass is 395 g/mol. The molecule has 0 radical (unpaired) electrons. The third-order valence-electron chi connectivity index (χ3n) is 5.80. The fraction of sp³-hybridized carbons (Fsp3) is 0.500. The van der Waals surface area contributed by atoms with Gasteiger partial charge < -0.3 is 20.3 Å². The van der Waals surface area contributed by atoms with Crippen molar-refractivity contribution >= 4 is 28.9 Å². The van der Waals surface area contributed by atoms with Crippen LogP contribution in [0.15, 0.2) is 36.4 Å². The van der Waals surface area contributed by atoms with Gasteiger partial charge in [-0.1, -0.05) is 6.92 Å². The van der Waals surface area contributed by atoms with Crippen LogP contribution in [0, 0.1) is 11.8 Å². The largest absolute Gasteiger partial charge is 0.381 e. The molecule has 0 aliphatic carbocycles. The van der Waals surface area contributed by atoms with Gasteiger partial charge in [-0.3, -0.25) is 4.79 Å². The highest BCUT2D eigenvalue weighted by Gasteiger charge is 2.22. The Labute approximate surface area is 171 Å². The van der Waals surface area contributed by atoms with Crippen molar-refractivity contribution in [2.75, 3.05) is 41.8 Å². The van der Waals surface area contributed by atoms with E-state index in [1.807, 2.05) is 6.07 Å². The molecule has 1 aromatic carbocycles. The molecule has 7 nitrogen and oxygen atoms in total. The molecule has 0 spiro atoms. The quantitative estimate of drug-likeness (QED) is 0.801. The normalized spacial score (nSPS) is 18.4. The smallest absolute Gasteiger partial charge is 0.228 e. The molecule has 2 saturated heterocycles. The second-order valence-electron chi connectivity index (χ2n) is 8.02. The lowest BCUT2D eigenvalue weighted by Crippen LogP contribution is -2.32. The van der Waals surface area contributed by atoms with Crippen LogP contribution in [0.1, 0.15) is 32.6 Å². The lowest BCUT2D eigenvalue weighted by Gasteiger charge is -2.32. The first kappa shape index (κ1) is 19.6. The van der Waals surface area contributed by atoms with Crippen LogP contribution in [0.25, 0.3) is 0 Å². The van der Waals surface area contributed by atoms with Crippen molar-refractivity contribution in [3.05, 3.63) is 36.4 Å². The molecule has 2 aromatic rings. The number of anilines is 4. The first-order valence-corrected chi connectivity index (χ1v) is 10.5. The van der Waals surface area contributed by atoms with Crippen LogP contribution in [0.4, 0.5) is 23.0 Å². The molecular weight excluding hydrogens is 366 g/mol. The lowest BCUT2D eigenvalue weighted by molar-refractivity contribution is -0.122. The average molecular weight is 396 g/mol. The Morgan fingerprint density at radius 3 is 2.28 bits per heavy atom. The molecule has 3 heterocycles. The average Bonchev–Trinajstić information content (AvgIpc) is 2.77. The summed E-state index contributed by atoms with van der Waals surface area (Å²) in [4.78, 5) is 14.7. The Morgan fingerprint density at radius 1 is 0.966 bits per heavy atom. The Kier molecular flexibility index (Phi) is 6.24. The van der Waals surface area contributed by atoms with Gasteiger partial charge in [0.2, 0.25) is 5.91 Å². The fourth-order valence-electron chi connectivity index (χ4n) is 3.82. The van der Waals surface area contributed by atoms with Crippen molar-refractivity contribution in [2.24, 2.45) is 11.8 Å². The van der Waals surface area contributed by atoms with Crippen LogP contribution in [0.5, 0.6) is 0 Å². The molecule has 0 unspecified atom stereocenters. The topological polar surface area (TPSA) is 79.4 Å². The summed E-state index contributed by atoms with van der Waals surface area (Å²) in [6.07, 6.45) is 4.02. The second-order valence-corrected chi connectivity index (χ2v) is 8.02. The highest BCUT2D eigenvalue weighted by molar-refractivity contribution is 5.91. The number of hydrogen-bond acceptors (Lipinski definition) is 6. The van der Waals surface area contributed by atoms with E-state index in [4.69, 9.17) is 4.74 Å². The van der Waals surface area contributed by atoms with Gasteiger partial charge in [-0.05, 0) is 68.0 Å². The minimum Gasteiger partial charge on any atom is -0.381 e. The van der Waals surface area contributed by atoms with Crippen molar-refractivity contribution < 1.29 is 9.53 Å². The number of nitrogens with zero attached hydrogens (tertiary/aromatic N) is 3. The first-order valence-electron chi connectivity index (χ1n) is 10.5. The van der Waals surface area contributed by atoms with Crippen molar-refractivity contribution in [1.29, 1.82) is 0 Å². The minimum atomic E-state index is -0.00928. The van der Waals surface area contributed by atoms with E-state index in [0.717, 1.165) is 37.5 Å². The summed E-state index contributed by atoms with van der Waals surface area (Å²) in [7, 11) is 0. The van der Waals surface area contributed by atoms with Gasteiger partial charge in [0.15, 0.2) is 11.6 Å². The van der Waals surface area contributed by atoms with Crippen molar-refractivity contribution in [1.82, 2.24) is 10.2 Å². The third kappa shape index (κ3) is 5.23. The van der Waals surface area contributed by atoms with Crippen molar-refractivity contribution in [3.63, 3.8) is 0 Å². The number of hydrogen-bond donors (Lipinski definition) is 2. The fourth-order valence-corrected chi connectivity index (χ4v) is 3.82. The number of aromatic nitrogens is 2. The SMILES string of the molecule is CC1CCN(c2ccc(Nc3ccc(NC(=O)C4CCOCC4)nn3)cc2)CC1. The Hall–Kier alpha value is -2.67. The van der Waals surface area contributed by atoms with E-state index in [1.54, 1.807) is 6.07 Å². The van der Waals surface area contributed by atoms with Crippen LogP contribution in [-0.2, 0) is 9.53 Å². The summed E-state index contributed by atoms with van der Waals surface area (Å²) in [6.45, 7) is 5.86. The summed E-state index contributed by atoms with van der Waals surface area (Å²) >= 11 is 0. The Bertz CT molecular complexity index is 795. The molecule has 1 aromatic heterocycles. The molecule has 2 fully saturated rings. The predicted octanol–water partition coefficient (Wildman–Crippen LogP) is 3.82. The molecule has 2 aliphatic rings. The molecule has 2 aliphatic heterocycles. The van der Waals surface area contributed by atoms with Gasteiger partial charge >= 0.3 is 0 Å². The van der Waals surface area contributed by atoms with Gasteiger partial charge in [0, 0.05) is 43.6 Å². The summed E-state index contributed by atoms with van der Waals surface area (Å²) in [5.74, 6) is 1.93. The summed E-state index contributed by atoms with van der Waals surface area (Å²) in [6, 6.07) is 12.0. The number of piperidine rings is 1. The van der Waals surface area contributed by atoms with E-state index in [9.17, 15) is 4.79 Å². The van der Waals surface area contributed by atoms with Gasteiger partial charge in [-0.15, -0.1) is 10.2 Å². The van der Waals surface area contributed by atoms with E-state index in [0.29, 0.717) is 24.8 Å². The molecule has 0 atom stereocenters. The van der Waals surface area contributed by atoms with Gasteiger partial charge in [0.25, 0.3) is 0 Å². The van der Waals surface area contributed by atoms with Crippen LogP contribution in [0.2, 0.25) is 0 Å². The molecular formula is C22H29N5O2. The summed E-state index contributed by atoms with van der Waals surface area (Å²) < 4.78 is 5.30. The first-order chi connectivity index (χ1) is 14.2. The highest BCUT2D eigenvalue weighted by atomic mass is 16.5. The third-order valence-corrected chi connectivity index (χ3v) is 5.80. The van der Waals surface area contributed by atoms with Crippen molar-refractivity contribution in [3.8, 4) is 0 Å². The van der Waals surface area contributed by atoms with Gasteiger partial charge in [0.05, 0.1) is 0 Å². The number of carbonyl (C=O) groups excluding carboxylic acids is 1. The number of amides is 1. The Balaban J connectivity index is 1.31. The van der Waals surface area contributed by atoms with E-state index >= 15 is 0 Å². The molecule has 154 valence electrons. The number of nitrogens with one attached hydrogen (secondary N) is 2. The number of carbonyl (C=O) groups is 1. The lowest BCUT2D eigenvalue weighted by atomic mass is 9.99. The standard InChI is InChI=1S/C22H29N5O2/c1-16-8-12-27(13-9-16)19-4-2-18(3-5-19)23-20-6-7-21(26-25-20)24-22(28)17-10-14-29-15-11-17/h2-7,16-17H,8-15H2,1H3,(H,23,25)(H,24,26,28). The van der Waals surface area contributed by atoms with Crippen LogP contribution >= 0.6 is 0 Å². The number of rotatable bonds is 5. The maximum atomic E-state index is 12.3. The number of ether oxygens (including phenoxy) is 1. The van der Waals surface area contributed by atoms with Crippen LogP contribution in [0.3, 0.4) is 0 Å².